The number of piperazine rings is 1. The van der Waals surface area contributed by atoms with Crippen molar-refractivity contribution in [3.63, 3.8) is 0 Å². The smallest absolute Gasteiger partial charge is 0.0312 e. The molecule has 0 aromatic carbocycles. The number of pyridine rings is 1. The highest BCUT2D eigenvalue weighted by molar-refractivity contribution is 5.07. The first-order chi connectivity index (χ1) is 9.90. The van der Waals surface area contributed by atoms with Gasteiger partial charge >= 0.3 is 0 Å². The standard InChI is InChI=1S/C16H26N4/c1-2-16(12-17-5-1)13-18-6-7-19-8-10-20(11-9-19)14-15-3-4-15/h1-2,5,12,15,18H,3-4,6-11,13-14H2. The molecule has 20 heavy (non-hydrogen) atoms. The second-order valence-electron chi connectivity index (χ2n) is 6.12. The quantitative estimate of drug-likeness (QED) is 0.757. The van der Waals surface area contributed by atoms with Crippen LogP contribution in [0, 0.1) is 5.92 Å². The summed E-state index contributed by atoms with van der Waals surface area (Å²) in [6, 6.07) is 4.12. The normalized spacial score (nSPS) is 21.2. The van der Waals surface area contributed by atoms with Gasteiger partial charge in [-0.1, -0.05) is 6.07 Å². The van der Waals surface area contributed by atoms with E-state index in [-0.39, 0.29) is 0 Å². The average molecular weight is 274 g/mol. The summed E-state index contributed by atoms with van der Waals surface area (Å²) in [5.41, 5.74) is 1.27. The number of hydrogen-bond acceptors (Lipinski definition) is 4. The molecule has 4 heteroatoms. The van der Waals surface area contributed by atoms with Crippen LogP contribution in [0.5, 0.6) is 0 Å². The van der Waals surface area contributed by atoms with Crippen LogP contribution in [0.4, 0.5) is 0 Å². The third kappa shape index (κ3) is 4.54. The SMILES string of the molecule is c1cncc(CNCCN2CCN(CC3CC3)CC2)c1. The van der Waals surface area contributed by atoms with Crippen molar-refractivity contribution >= 4 is 0 Å². The van der Waals surface area contributed by atoms with E-state index in [1.165, 1.54) is 51.1 Å². The highest BCUT2D eigenvalue weighted by atomic mass is 15.3. The summed E-state index contributed by atoms with van der Waals surface area (Å²) in [7, 11) is 0. The Kier molecular flexibility index (Phi) is 5.01. The van der Waals surface area contributed by atoms with E-state index in [9.17, 15) is 0 Å². The van der Waals surface area contributed by atoms with Crippen molar-refractivity contribution in [1.29, 1.82) is 0 Å². The van der Waals surface area contributed by atoms with E-state index >= 15 is 0 Å². The molecule has 2 heterocycles. The fourth-order valence-electron chi connectivity index (χ4n) is 2.83. The van der Waals surface area contributed by atoms with E-state index in [1.807, 2.05) is 18.5 Å². The van der Waals surface area contributed by atoms with Crippen molar-refractivity contribution in [3.05, 3.63) is 30.1 Å². The van der Waals surface area contributed by atoms with Gasteiger partial charge in [-0.05, 0) is 30.4 Å². The van der Waals surface area contributed by atoms with Gasteiger partial charge in [-0.3, -0.25) is 9.88 Å². The van der Waals surface area contributed by atoms with Crippen molar-refractivity contribution < 1.29 is 0 Å². The van der Waals surface area contributed by atoms with E-state index in [0.717, 1.165) is 25.6 Å². The molecule has 1 aromatic rings. The minimum Gasteiger partial charge on any atom is -0.311 e. The van der Waals surface area contributed by atoms with Crippen LogP contribution in [0.2, 0.25) is 0 Å². The molecule has 0 amide bonds. The molecule has 1 aliphatic carbocycles. The first-order valence-electron chi connectivity index (χ1n) is 7.94. The van der Waals surface area contributed by atoms with Crippen molar-refractivity contribution in [2.75, 3.05) is 45.8 Å². The van der Waals surface area contributed by atoms with Gasteiger partial charge in [0.25, 0.3) is 0 Å². The molecule has 0 radical (unpaired) electrons. The van der Waals surface area contributed by atoms with E-state index in [0.29, 0.717) is 0 Å². The van der Waals surface area contributed by atoms with Crippen LogP contribution < -0.4 is 5.32 Å². The molecule has 3 rings (SSSR count). The second kappa shape index (κ2) is 7.16. The van der Waals surface area contributed by atoms with E-state index < -0.39 is 0 Å². The van der Waals surface area contributed by atoms with Gasteiger partial charge in [-0.15, -0.1) is 0 Å². The second-order valence-corrected chi connectivity index (χ2v) is 6.12. The van der Waals surface area contributed by atoms with Crippen molar-refractivity contribution in [2.45, 2.75) is 19.4 Å². The van der Waals surface area contributed by atoms with Crippen molar-refractivity contribution in [2.24, 2.45) is 5.92 Å². The van der Waals surface area contributed by atoms with E-state index in [2.05, 4.69) is 26.2 Å². The Hall–Kier alpha value is -0.970. The van der Waals surface area contributed by atoms with Crippen LogP contribution in [0.25, 0.3) is 0 Å². The lowest BCUT2D eigenvalue weighted by atomic mass is 10.2. The summed E-state index contributed by atoms with van der Waals surface area (Å²) in [5.74, 6) is 1.03. The van der Waals surface area contributed by atoms with Crippen LogP contribution in [-0.2, 0) is 6.54 Å². The fourth-order valence-corrected chi connectivity index (χ4v) is 2.83. The van der Waals surface area contributed by atoms with Gasteiger partial charge in [-0.25, -0.2) is 0 Å². The molecule has 0 spiro atoms. The lowest BCUT2D eigenvalue weighted by molar-refractivity contribution is 0.129. The summed E-state index contributed by atoms with van der Waals surface area (Å²) >= 11 is 0. The molecule has 1 saturated carbocycles. The molecular formula is C16H26N4. The first-order valence-corrected chi connectivity index (χ1v) is 7.94. The van der Waals surface area contributed by atoms with Gasteiger partial charge in [-0.2, -0.15) is 0 Å². The Balaban J connectivity index is 1.26. The highest BCUT2D eigenvalue weighted by Gasteiger charge is 2.26. The lowest BCUT2D eigenvalue weighted by Crippen LogP contribution is -2.48. The average Bonchev–Trinajstić information content (AvgIpc) is 3.30. The molecule has 1 aromatic heterocycles. The van der Waals surface area contributed by atoms with Crippen LogP contribution in [0.15, 0.2) is 24.5 Å². The molecule has 1 N–H and O–H groups in total. The molecule has 2 aliphatic rings. The first kappa shape index (κ1) is 14.0. The van der Waals surface area contributed by atoms with Gasteiger partial charge in [0, 0.05) is 64.8 Å². The van der Waals surface area contributed by atoms with Crippen LogP contribution in [0.3, 0.4) is 0 Å². The molecule has 1 aliphatic heterocycles. The van der Waals surface area contributed by atoms with Gasteiger partial charge in [0.05, 0.1) is 0 Å². The lowest BCUT2D eigenvalue weighted by Gasteiger charge is -2.34. The zero-order valence-corrected chi connectivity index (χ0v) is 12.3. The maximum atomic E-state index is 4.13. The third-order valence-electron chi connectivity index (χ3n) is 4.33. The molecular weight excluding hydrogens is 248 g/mol. The number of nitrogens with one attached hydrogen (secondary N) is 1. The fraction of sp³-hybridized carbons (Fsp3) is 0.688. The summed E-state index contributed by atoms with van der Waals surface area (Å²) < 4.78 is 0. The zero-order chi connectivity index (χ0) is 13.6. The van der Waals surface area contributed by atoms with Crippen LogP contribution >= 0.6 is 0 Å². The van der Waals surface area contributed by atoms with Crippen molar-refractivity contribution in [1.82, 2.24) is 20.1 Å². The van der Waals surface area contributed by atoms with Gasteiger partial charge in [0.15, 0.2) is 0 Å². The molecule has 2 fully saturated rings. The molecule has 0 unspecified atom stereocenters. The molecule has 0 atom stereocenters. The number of hydrogen-bond donors (Lipinski definition) is 1. The monoisotopic (exact) mass is 274 g/mol. The summed E-state index contributed by atoms with van der Waals surface area (Å²) in [5, 5.41) is 3.51. The van der Waals surface area contributed by atoms with Gasteiger partial charge in [0.2, 0.25) is 0 Å². The highest BCUT2D eigenvalue weighted by Crippen LogP contribution is 2.29. The summed E-state index contributed by atoms with van der Waals surface area (Å²) in [6.07, 6.45) is 6.70. The third-order valence-corrected chi connectivity index (χ3v) is 4.33. The summed E-state index contributed by atoms with van der Waals surface area (Å²) in [6.45, 7) is 9.51. The maximum absolute atomic E-state index is 4.13. The Morgan fingerprint density at radius 3 is 2.65 bits per heavy atom. The largest absolute Gasteiger partial charge is 0.311 e. The number of aromatic nitrogens is 1. The predicted octanol–water partition coefficient (Wildman–Crippen LogP) is 1.20. The van der Waals surface area contributed by atoms with Crippen molar-refractivity contribution in [3.8, 4) is 0 Å². The molecule has 1 saturated heterocycles. The minimum absolute atomic E-state index is 0.926. The van der Waals surface area contributed by atoms with Crippen LogP contribution in [-0.4, -0.2) is 60.6 Å². The Labute approximate surface area is 122 Å². The summed E-state index contributed by atoms with van der Waals surface area (Å²) in [4.78, 5) is 9.37. The Morgan fingerprint density at radius 1 is 1.15 bits per heavy atom. The Morgan fingerprint density at radius 2 is 1.95 bits per heavy atom. The maximum Gasteiger partial charge on any atom is 0.0312 e. The molecule has 0 bridgehead atoms. The topological polar surface area (TPSA) is 31.4 Å². The minimum atomic E-state index is 0.926. The number of nitrogens with zero attached hydrogens (tertiary/aromatic N) is 3. The molecule has 4 nitrogen and oxygen atoms in total. The van der Waals surface area contributed by atoms with Gasteiger partial charge < -0.3 is 10.2 Å². The van der Waals surface area contributed by atoms with E-state index in [1.54, 1.807) is 0 Å². The predicted molar refractivity (Wildman–Crippen MR) is 81.5 cm³/mol. The van der Waals surface area contributed by atoms with Crippen LogP contribution in [0.1, 0.15) is 18.4 Å². The van der Waals surface area contributed by atoms with Gasteiger partial charge in [0.1, 0.15) is 0 Å². The molecule has 110 valence electrons. The van der Waals surface area contributed by atoms with E-state index in [4.69, 9.17) is 0 Å². The number of rotatable bonds is 7. The zero-order valence-electron chi connectivity index (χ0n) is 12.3. The Bertz CT molecular complexity index is 383.